The summed E-state index contributed by atoms with van der Waals surface area (Å²) in [7, 11) is -0.613. The molecule has 0 unspecified atom stereocenters. The van der Waals surface area contributed by atoms with Gasteiger partial charge in [0.2, 0.25) is 0 Å². The number of carboxylic acids is 1. The van der Waals surface area contributed by atoms with E-state index >= 15 is 0 Å². The van der Waals surface area contributed by atoms with E-state index in [2.05, 4.69) is 4.52 Å². The fourth-order valence-corrected chi connectivity index (χ4v) is 0.904. The van der Waals surface area contributed by atoms with Crippen LogP contribution in [0, 0.1) is 0 Å². The van der Waals surface area contributed by atoms with Gasteiger partial charge in [0.05, 0.1) is 6.61 Å². The first-order valence-corrected chi connectivity index (χ1v) is 5.66. The predicted molar refractivity (Wildman–Crippen MR) is 61.9 cm³/mol. The monoisotopic (exact) mass is 264 g/mol. The quantitative estimate of drug-likeness (QED) is 0.449. The number of hydrogen-bond acceptors (Lipinski definition) is 5. The van der Waals surface area contributed by atoms with Gasteiger partial charge >= 0.3 is 14.7 Å². The summed E-state index contributed by atoms with van der Waals surface area (Å²) in [6, 6.07) is 0. The smallest absolute Gasteiger partial charge is 0.398 e. The molecule has 6 nitrogen and oxygen atoms in total. The third kappa shape index (κ3) is 17.4. The zero-order valence-corrected chi connectivity index (χ0v) is 11.0. The second kappa shape index (κ2) is 12.8. The number of ether oxygens (including phenoxy) is 1. The average molecular weight is 264 g/mol. The van der Waals surface area contributed by atoms with Gasteiger partial charge in [-0.3, -0.25) is 4.79 Å². The highest BCUT2D eigenvalue weighted by molar-refractivity contribution is 7.18. The molecule has 0 rings (SSSR count). The molecule has 0 radical (unpaired) electrons. The molecule has 0 aromatic carbocycles. The largest absolute Gasteiger partial charge is 0.481 e. The molecule has 98 valence electrons. The van der Waals surface area contributed by atoms with E-state index < -0.39 is 20.6 Å². The zero-order valence-electron chi connectivity index (χ0n) is 10.1. The Hall–Kier alpha value is -1.26. The van der Waals surface area contributed by atoms with Crippen molar-refractivity contribution >= 4 is 20.6 Å². The molecule has 0 aromatic rings. The number of aliphatic carboxylic acids is 1. The van der Waals surface area contributed by atoms with E-state index in [0.717, 1.165) is 6.92 Å². The summed E-state index contributed by atoms with van der Waals surface area (Å²) < 4.78 is 19.2. The fourth-order valence-electron chi connectivity index (χ4n) is 0.692. The molecule has 0 atom stereocenters. The van der Waals surface area contributed by atoms with Crippen LogP contribution >= 0.6 is 8.69 Å². The van der Waals surface area contributed by atoms with E-state index in [0.29, 0.717) is 25.2 Å². The van der Waals surface area contributed by atoms with Gasteiger partial charge in [-0.25, -0.2) is 9.36 Å². The van der Waals surface area contributed by atoms with Gasteiger partial charge in [-0.15, -0.1) is 0 Å². The minimum Gasteiger partial charge on any atom is -0.481 e. The Bertz CT molecular complexity index is 270. The lowest BCUT2D eigenvalue weighted by Gasteiger charge is -1.98. The van der Waals surface area contributed by atoms with Gasteiger partial charge < -0.3 is 14.4 Å². The average Bonchev–Trinajstić information content (AvgIpc) is 2.23. The van der Waals surface area contributed by atoms with Crippen LogP contribution in [0.15, 0.2) is 11.6 Å². The Kier molecular flexibility index (Phi) is 13.6. The fraction of sp³-hybridized carbons (Fsp3) is 0.600. The summed E-state index contributed by atoms with van der Waals surface area (Å²) in [4.78, 5) is 19.9. The van der Waals surface area contributed by atoms with E-state index in [9.17, 15) is 9.36 Å². The Balaban J connectivity index is 0. The van der Waals surface area contributed by atoms with Crippen LogP contribution in [0.1, 0.15) is 27.2 Å². The topological polar surface area (TPSA) is 89.9 Å². The van der Waals surface area contributed by atoms with Gasteiger partial charge in [0.15, 0.2) is 0 Å². The number of hydrogen-bond donors (Lipinski definition) is 1. The second-order valence-corrected chi connectivity index (χ2v) is 3.18. The molecule has 0 aromatic heterocycles. The Morgan fingerprint density at radius 2 is 1.88 bits per heavy atom. The van der Waals surface area contributed by atoms with Crippen LogP contribution in [0.3, 0.4) is 0 Å². The van der Waals surface area contributed by atoms with Crippen molar-refractivity contribution in [3.63, 3.8) is 0 Å². The Morgan fingerprint density at radius 3 is 2.29 bits per heavy atom. The van der Waals surface area contributed by atoms with Gasteiger partial charge in [-0.2, -0.15) is 0 Å². The highest BCUT2D eigenvalue weighted by Crippen LogP contribution is 2.04. The van der Waals surface area contributed by atoms with Crippen LogP contribution in [0.25, 0.3) is 0 Å². The molecule has 0 saturated heterocycles. The van der Waals surface area contributed by atoms with Gasteiger partial charge in [0.1, 0.15) is 0 Å². The highest BCUT2D eigenvalue weighted by atomic mass is 31.1. The van der Waals surface area contributed by atoms with Crippen molar-refractivity contribution in [2.75, 3.05) is 13.2 Å². The summed E-state index contributed by atoms with van der Waals surface area (Å²) >= 11 is 0. The molecule has 1 N–H and O–H groups in total. The van der Waals surface area contributed by atoms with Crippen LogP contribution in [-0.2, 0) is 23.4 Å². The van der Waals surface area contributed by atoms with Crippen molar-refractivity contribution in [1.29, 1.82) is 0 Å². The Morgan fingerprint density at radius 1 is 1.35 bits per heavy atom. The first-order valence-electron chi connectivity index (χ1n) is 4.93. The maximum Gasteiger partial charge on any atom is 0.398 e. The summed E-state index contributed by atoms with van der Waals surface area (Å²) in [5.74, 6) is -1.40. The van der Waals surface area contributed by atoms with E-state index in [1.807, 2.05) is 6.92 Å². The van der Waals surface area contributed by atoms with Crippen molar-refractivity contribution < 1.29 is 28.5 Å². The molecular formula is C10H17O6P. The molecule has 0 aliphatic carbocycles. The molecular weight excluding hydrogens is 247 g/mol. The zero-order chi connectivity index (χ0) is 13.7. The van der Waals surface area contributed by atoms with Gasteiger partial charge in [-0.05, 0) is 20.3 Å². The lowest BCUT2D eigenvalue weighted by molar-refractivity contribution is -0.134. The lowest BCUT2D eigenvalue weighted by atomic mass is 10.2. The van der Waals surface area contributed by atoms with Gasteiger partial charge in [0.25, 0.3) is 5.97 Å². The normalized spacial score (nSPS) is 10.4. The molecule has 0 heterocycles. The van der Waals surface area contributed by atoms with E-state index in [-0.39, 0.29) is 0 Å². The number of carbonyl (C=O) groups is 2. The molecule has 17 heavy (non-hydrogen) atoms. The molecule has 0 spiro atoms. The predicted octanol–water partition coefficient (Wildman–Crippen LogP) is 2.20. The summed E-state index contributed by atoms with van der Waals surface area (Å²) in [5.41, 5.74) is 0.447. The summed E-state index contributed by atoms with van der Waals surface area (Å²) in [6.07, 6.45) is 2.35. The van der Waals surface area contributed by atoms with Crippen LogP contribution in [0.2, 0.25) is 0 Å². The van der Waals surface area contributed by atoms with E-state index in [4.69, 9.17) is 14.6 Å². The Labute approximate surface area is 102 Å². The third-order valence-corrected chi connectivity index (χ3v) is 1.60. The molecule has 0 amide bonds. The number of carbonyl (C=O) groups excluding carboxylic acids is 1. The second-order valence-electron chi connectivity index (χ2n) is 2.85. The molecule has 0 bridgehead atoms. The van der Waals surface area contributed by atoms with Crippen LogP contribution in [0.4, 0.5) is 0 Å². The summed E-state index contributed by atoms with van der Waals surface area (Å²) in [6.45, 7) is 5.84. The van der Waals surface area contributed by atoms with E-state index in [1.54, 1.807) is 13.0 Å². The number of rotatable bonds is 6. The van der Waals surface area contributed by atoms with Gasteiger partial charge in [-0.1, -0.05) is 6.08 Å². The molecule has 0 saturated carbocycles. The molecule has 0 fully saturated rings. The molecule has 0 aliphatic heterocycles. The van der Waals surface area contributed by atoms with Crippen LogP contribution in [0.5, 0.6) is 0 Å². The minimum absolute atomic E-state index is 0.447. The minimum atomic E-state index is -0.833. The van der Waals surface area contributed by atoms with Crippen LogP contribution < -0.4 is 0 Å². The third-order valence-electron chi connectivity index (χ3n) is 1.36. The highest BCUT2D eigenvalue weighted by Gasteiger charge is 2.04. The van der Waals surface area contributed by atoms with Crippen molar-refractivity contribution in [3.05, 3.63) is 11.6 Å². The maximum atomic E-state index is 10.9. The van der Waals surface area contributed by atoms with Crippen molar-refractivity contribution in [3.8, 4) is 0 Å². The molecule has 7 heteroatoms. The summed E-state index contributed by atoms with van der Waals surface area (Å²) in [5, 5.41) is 7.42. The number of carboxylic acid groups (broad SMARTS) is 1. The molecule has 0 aliphatic rings. The lowest BCUT2D eigenvalue weighted by Crippen LogP contribution is -1.99. The van der Waals surface area contributed by atoms with Crippen molar-refractivity contribution in [2.24, 2.45) is 0 Å². The van der Waals surface area contributed by atoms with Crippen molar-refractivity contribution in [2.45, 2.75) is 27.2 Å². The maximum absolute atomic E-state index is 10.9. The van der Waals surface area contributed by atoms with Crippen molar-refractivity contribution in [1.82, 2.24) is 0 Å². The standard InChI is InChI=1S/C8H13O4P.C2H4O2/c1-3-11-6-4-5-7(2)8(9)12-13-10;1-2(3)4/h5H,3-4,6H2,1-2H3;1H3,(H,3,4). The van der Waals surface area contributed by atoms with Crippen LogP contribution in [-0.4, -0.2) is 30.3 Å². The van der Waals surface area contributed by atoms with Gasteiger partial charge in [0, 0.05) is 19.1 Å². The first-order chi connectivity index (χ1) is 7.95. The first kappa shape index (κ1) is 18.1. The SMILES string of the molecule is CC(=O)O.CCOCCC=C(C)C(=O)OP=O. The van der Waals surface area contributed by atoms with E-state index in [1.165, 1.54) is 0 Å².